The van der Waals surface area contributed by atoms with Crippen molar-refractivity contribution < 1.29 is 18.1 Å². The molecule has 0 atom stereocenters. The summed E-state index contributed by atoms with van der Waals surface area (Å²) < 4.78 is 33.2. The number of halogens is 2. The number of piperazine rings is 1. The van der Waals surface area contributed by atoms with E-state index in [2.05, 4.69) is 22.0 Å². The molecule has 0 spiro atoms. The molecular formula is C18H21BrClN2O3S+. The van der Waals surface area contributed by atoms with Crippen LogP contribution in [-0.2, 0) is 16.6 Å². The van der Waals surface area contributed by atoms with Crippen molar-refractivity contribution >= 4 is 37.6 Å². The molecule has 0 radical (unpaired) electrons. The summed E-state index contributed by atoms with van der Waals surface area (Å²) in [5.41, 5.74) is 1.20. The van der Waals surface area contributed by atoms with E-state index < -0.39 is 10.0 Å². The Balaban J connectivity index is 1.62. The maximum Gasteiger partial charge on any atom is 0.243 e. The molecule has 0 amide bonds. The Morgan fingerprint density at radius 3 is 2.38 bits per heavy atom. The number of benzene rings is 2. The first kappa shape index (κ1) is 19.6. The summed E-state index contributed by atoms with van der Waals surface area (Å²) in [7, 11) is -1.81. The number of nitrogens with one attached hydrogen (secondary N) is 1. The van der Waals surface area contributed by atoms with Crippen LogP contribution in [0.1, 0.15) is 5.56 Å². The van der Waals surface area contributed by atoms with Crippen molar-refractivity contribution in [3.8, 4) is 5.75 Å². The average molecular weight is 461 g/mol. The van der Waals surface area contributed by atoms with Crippen molar-refractivity contribution in [3.05, 3.63) is 57.5 Å². The molecule has 0 saturated carbocycles. The second-order valence-electron chi connectivity index (χ2n) is 6.25. The van der Waals surface area contributed by atoms with E-state index in [1.807, 2.05) is 12.1 Å². The number of quaternary nitrogens is 1. The number of hydrogen-bond acceptors (Lipinski definition) is 3. The van der Waals surface area contributed by atoms with Gasteiger partial charge in [-0.15, -0.1) is 0 Å². The maximum absolute atomic E-state index is 12.7. The molecule has 2 aromatic carbocycles. The molecule has 1 aliphatic heterocycles. The lowest BCUT2D eigenvalue weighted by Gasteiger charge is -2.31. The quantitative estimate of drug-likeness (QED) is 0.744. The van der Waals surface area contributed by atoms with Crippen molar-refractivity contribution in [3.63, 3.8) is 0 Å². The summed E-state index contributed by atoms with van der Waals surface area (Å²) in [5.74, 6) is 0.808. The van der Waals surface area contributed by atoms with E-state index in [0.29, 0.717) is 23.0 Å². The Morgan fingerprint density at radius 2 is 1.81 bits per heavy atom. The molecule has 1 saturated heterocycles. The molecule has 0 aliphatic carbocycles. The SMILES string of the molecule is COc1ccc(C[NH+]2CCN(S(=O)(=O)c3ccc(Cl)cc3)CC2)cc1Br. The predicted octanol–water partition coefficient (Wildman–Crippen LogP) is 2.20. The van der Waals surface area contributed by atoms with Crippen molar-refractivity contribution in [2.45, 2.75) is 11.4 Å². The third kappa shape index (κ3) is 4.40. The number of sulfonamides is 1. The van der Waals surface area contributed by atoms with Gasteiger partial charge in [0, 0.05) is 10.6 Å². The number of rotatable bonds is 5. The molecule has 26 heavy (non-hydrogen) atoms. The third-order valence-corrected chi connectivity index (χ3v) is 7.34. The standard InChI is InChI=1S/C18H20BrClN2O3S/c1-25-18-7-2-14(12-17(18)19)13-21-8-10-22(11-9-21)26(23,24)16-5-3-15(20)4-6-16/h2-7,12H,8-11,13H2,1H3/p+1. The molecule has 1 N–H and O–H groups in total. The molecule has 5 nitrogen and oxygen atoms in total. The lowest BCUT2D eigenvalue weighted by molar-refractivity contribution is -0.917. The summed E-state index contributed by atoms with van der Waals surface area (Å²) >= 11 is 9.36. The third-order valence-electron chi connectivity index (χ3n) is 4.55. The van der Waals surface area contributed by atoms with Crippen LogP contribution >= 0.6 is 27.5 Å². The molecule has 1 fully saturated rings. The van der Waals surface area contributed by atoms with Crippen LogP contribution in [0, 0.1) is 0 Å². The van der Waals surface area contributed by atoms with Crippen molar-refractivity contribution in [2.24, 2.45) is 0 Å². The van der Waals surface area contributed by atoms with E-state index >= 15 is 0 Å². The van der Waals surface area contributed by atoms with Gasteiger partial charge >= 0.3 is 0 Å². The monoisotopic (exact) mass is 459 g/mol. The number of ether oxygens (including phenoxy) is 1. The lowest BCUT2D eigenvalue weighted by Crippen LogP contribution is -3.13. The van der Waals surface area contributed by atoms with Crippen LogP contribution in [-0.4, -0.2) is 46.0 Å². The highest BCUT2D eigenvalue weighted by atomic mass is 79.9. The fourth-order valence-electron chi connectivity index (χ4n) is 3.08. The normalized spacial score (nSPS) is 16.6. The fraction of sp³-hybridized carbons (Fsp3) is 0.333. The Kier molecular flexibility index (Phi) is 6.25. The minimum absolute atomic E-state index is 0.296. The van der Waals surface area contributed by atoms with E-state index in [0.717, 1.165) is 29.9 Å². The molecule has 2 aromatic rings. The van der Waals surface area contributed by atoms with Gasteiger partial charge in [0.25, 0.3) is 0 Å². The van der Waals surface area contributed by atoms with E-state index in [9.17, 15) is 8.42 Å². The van der Waals surface area contributed by atoms with E-state index in [-0.39, 0.29) is 0 Å². The van der Waals surface area contributed by atoms with Crippen LogP contribution < -0.4 is 9.64 Å². The van der Waals surface area contributed by atoms with Crippen LogP contribution in [0.5, 0.6) is 5.75 Å². The van der Waals surface area contributed by atoms with Gasteiger partial charge in [0.1, 0.15) is 12.3 Å². The highest BCUT2D eigenvalue weighted by Gasteiger charge is 2.30. The Bertz CT molecular complexity index is 867. The van der Waals surface area contributed by atoms with Crippen LogP contribution in [0.4, 0.5) is 0 Å². The molecule has 8 heteroatoms. The molecule has 0 aromatic heterocycles. The Labute approximate surface area is 167 Å². The van der Waals surface area contributed by atoms with Gasteiger partial charge in [0.2, 0.25) is 10.0 Å². The van der Waals surface area contributed by atoms with Gasteiger partial charge in [-0.3, -0.25) is 0 Å². The zero-order valence-corrected chi connectivity index (χ0v) is 17.6. The summed E-state index contributed by atoms with van der Waals surface area (Å²) in [6, 6.07) is 12.4. The number of hydrogen-bond donors (Lipinski definition) is 1. The van der Waals surface area contributed by atoms with Gasteiger partial charge in [-0.1, -0.05) is 11.6 Å². The van der Waals surface area contributed by atoms with Gasteiger partial charge in [-0.25, -0.2) is 8.42 Å². The number of methoxy groups -OCH3 is 1. The van der Waals surface area contributed by atoms with Gasteiger partial charge in [-0.2, -0.15) is 4.31 Å². The highest BCUT2D eigenvalue weighted by molar-refractivity contribution is 9.10. The Morgan fingerprint density at radius 1 is 1.15 bits per heavy atom. The summed E-state index contributed by atoms with van der Waals surface area (Å²) in [6.07, 6.45) is 0. The van der Waals surface area contributed by atoms with Gasteiger partial charge in [0.15, 0.2) is 0 Å². The average Bonchev–Trinajstić information content (AvgIpc) is 2.63. The first-order valence-corrected chi connectivity index (χ1v) is 10.9. The first-order chi connectivity index (χ1) is 12.4. The minimum atomic E-state index is -3.45. The largest absolute Gasteiger partial charge is 0.496 e. The molecule has 0 bridgehead atoms. The zero-order chi connectivity index (χ0) is 18.7. The molecule has 0 unspecified atom stereocenters. The summed E-state index contributed by atoms with van der Waals surface area (Å²) in [5, 5.41) is 0.531. The summed E-state index contributed by atoms with van der Waals surface area (Å²) in [6.45, 7) is 3.43. The lowest BCUT2D eigenvalue weighted by atomic mass is 10.2. The van der Waals surface area contributed by atoms with E-state index in [4.69, 9.17) is 16.3 Å². The van der Waals surface area contributed by atoms with Crippen LogP contribution in [0.15, 0.2) is 51.8 Å². The molecule has 1 heterocycles. The first-order valence-electron chi connectivity index (χ1n) is 8.32. The molecule has 1 aliphatic rings. The molecular weight excluding hydrogens is 440 g/mol. The molecule has 140 valence electrons. The summed E-state index contributed by atoms with van der Waals surface area (Å²) in [4.78, 5) is 1.66. The van der Waals surface area contributed by atoms with E-state index in [1.165, 1.54) is 10.5 Å². The smallest absolute Gasteiger partial charge is 0.243 e. The van der Waals surface area contributed by atoms with Crippen molar-refractivity contribution in [1.29, 1.82) is 0 Å². The van der Waals surface area contributed by atoms with Gasteiger partial charge < -0.3 is 9.64 Å². The van der Waals surface area contributed by atoms with Gasteiger partial charge in [-0.05, 0) is 58.4 Å². The molecule has 3 rings (SSSR count). The second-order valence-corrected chi connectivity index (χ2v) is 9.48. The second kappa shape index (κ2) is 8.27. The van der Waals surface area contributed by atoms with Crippen LogP contribution in [0.3, 0.4) is 0 Å². The highest BCUT2D eigenvalue weighted by Crippen LogP contribution is 2.25. The zero-order valence-electron chi connectivity index (χ0n) is 14.4. The van der Waals surface area contributed by atoms with Crippen LogP contribution in [0.25, 0.3) is 0 Å². The van der Waals surface area contributed by atoms with E-state index in [1.54, 1.807) is 35.7 Å². The van der Waals surface area contributed by atoms with Crippen LogP contribution in [0.2, 0.25) is 5.02 Å². The fourth-order valence-corrected chi connectivity index (χ4v) is 5.24. The maximum atomic E-state index is 12.7. The van der Waals surface area contributed by atoms with Gasteiger partial charge in [0.05, 0.1) is 42.7 Å². The van der Waals surface area contributed by atoms with Crippen molar-refractivity contribution in [1.82, 2.24) is 4.31 Å². The predicted molar refractivity (Wildman–Crippen MR) is 105 cm³/mol. The Hall–Kier alpha value is -1.12. The number of nitrogens with zero attached hydrogens (tertiary/aromatic N) is 1. The minimum Gasteiger partial charge on any atom is -0.496 e. The topological polar surface area (TPSA) is 51.1 Å². The van der Waals surface area contributed by atoms with Crippen molar-refractivity contribution in [2.75, 3.05) is 33.3 Å².